The molecule has 0 atom stereocenters. The number of fused-ring (bicyclic) bond motifs is 1. The minimum Gasteiger partial charge on any atom is -0.351 e. The first-order chi connectivity index (χ1) is 13.5. The Kier molecular flexibility index (Phi) is 5.29. The SMILES string of the molecule is Cc1ccc(C2(CNC(=O)c3c(Br)ccc4ccccc34)CCCC2)c(C)c1. The lowest BCUT2D eigenvalue weighted by Gasteiger charge is -2.32. The highest BCUT2D eigenvalue weighted by Crippen LogP contribution is 2.42. The van der Waals surface area contributed by atoms with Crippen molar-refractivity contribution in [3.63, 3.8) is 0 Å². The van der Waals surface area contributed by atoms with Crippen LogP contribution in [0.1, 0.15) is 52.7 Å². The Bertz CT molecular complexity index is 1030. The van der Waals surface area contributed by atoms with E-state index in [1.807, 2.05) is 36.4 Å². The van der Waals surface area contributed by atoms with Crippen molar-refractivity contribution in [2.75, 3.05) is 6.54 Å². The molecule has 2 nitrogen and oxygen atoms in total. The summed E-state index contributed by atoms with van der Waals surface area (Å²) in [5.41, 5.74) is 4.80. The number of aryl methyl sites for hydroxylation is 2. The van der Waals surface area contributed by atoms with Gasteiger partial charge in [-0.2, -0.15) is 0 Å². The first-order valence-corrected chi connectivity index (χ1v) is 10.8. The molecule has 3 aromatic rings. The maximum absolute atomic E-state index is 13.2. The van der Waals surface area contributed by atoms with E-state index in [1.54, 1.807) is 0 Å². The van der Waals surface area contributed by atoms with E-state index in [9.17, 15) is 4.79 Å². The Labute approximate surface area is 175 Å². The summed E-state index contributed by atoms with van der Waals surface area (Å²) in [4.78, 5) is 13.2. The van der Waals surface area contributed by atoms with Gasteiger partial charge in [-0.1, -0.05) is 66.9 Å². The summed E-state index contributed by atoms with van der Waals surface area (Å²) < 4.78 is 0.843. The highest BCUT2D eigenvalue weighted by atomic mass is 79.9. The van der Waals surface area contributed by atoms with E-state index < -0.39 is 0 Å². The summed E-state index contributed by atoms with van der Waals surface area (Å²) in [6.45, 7) is 5.02. The van der Waals surface area contributed by atoms with E-state index >= 15 is 0 Å². The molecular weight excluding hydrogens is 410 g/mol. The molecule has 1 aliphatic rings. The van der Waals surface area contributed by atoms with E-state index in [-0.39, 0.29) is 11.3 Å². The van der Waals surface area contributed by atoms with Gasteiger partial charge in [0.15, 0.2) is 0 Å². The molecule has 3 aromatic carbocycles. The van der Waals surface area contributed by atoms with Crippen LogP contribution in [-0.4, -0.2) is 12.5 Å². The monoisotopic (exact) mass is 435 g/mol. The average molecular weight is 436 g/mol. The van der Waals surface area contributed by atoms with Gasteiger partial charge in [-0.3, -0.25) is 4.79 Å². The lowest BCUT2D eigenvalue weighted by Crippen LogP contribution is -2.39. The van der Waals surface area contributed by atoms with Gasteiger partial charge in [0.25, 0.3) is 5.91 Å². The third-order valence-electron chi connectivity index (χ3n) is 6.21. The fraction of sp³-hybridized carbons (Fsp3) is 0.320. The van der Waals surface area contributed by atoms with Crippen LogP contribution in [0.3, 0.4) is 0 Å². The van der Waals surface area contributed by atoms with Gasteiger partial charge < -0.3 is 5.32 Å². The van der Waals surface area contributed by atoms with Gasteiger partial charge in [0.05, 0.1) is 5.56 Å². The second-order valence-corrected chi connectivity index (χ2v) is 8.99. The van der Waals surface area contributed by atoms with Crippen LogP contribution in [0, 0.1) is 13.8 Å². The lowest BCUT2D eigenvalue weighted by molar-refractivity contribution is 0.0944. The molecule has 0 spiro atoms. The minimum atomic E-state index is -0.000264. The molecule has 0 aromatic heterocycles. The topological polar surface area (TPSA) is 29.1 Å². The number of halogens is 1. The lowest BCUT2D eigenvalue weighted by atomic mass is 9.76. The van der Waals surface area contributed by atoms with Crippen LogP contribution in [0.4, 0.5) is 0 Å². The summed E-state index contributed by atoms with van der Waals surface area (Å²) in [6, 6.07) is 18.8. The highest BCUT2D eigenvalue weighted by Gasteiger charge is 2.37. The number of benzene rings is 3. The fourth-order valence-electron chi connectivity index (χ4n) is 4.82. The van der Waals surface area contributed by atoms with Gasteiger partial charge >= 0.3 is 0 Å². The molecule has 0 bridgehead atoms. The van der Waals surface area contributed by atoms with Gasteiger partial charge in [0.2, 0.25) is 0 Å². The maximum atomic E-state index is 13.2. The zero-order valence-electron chi connectivity index (χ0n) is 16.5. The molecule has 1 N–H and O–H groups in total. The Hall–Kier alpha value is -2.13. The normalized spacial score (nSPS) is 15.7. The zero-order valence-corrected chi connectivity index (χ0v) is 18.1. The van der Waals surface area contributed by atoms with Crippen molar-refractivity contribution in [2.24, 2.45) is 0 Å². The number of carbonyl (C=O) groups is 1. The van der Waals surface area contributed by atoms with Crippen molar-refractivity contribution in [1.82, 2.24) is 5.32 Å². The number of carbonyl (C=O) groups excluding carboxylic acids is 1. The molecule has 3 heteroatoms. The standard InChI is InChI=1S/C25H26BrNO/c1-17-9-11-21(18(2)15-17)25(13-5-6-14-25)16-27-24(28)23-20-8-4-3-7-19(20)10-12-22(23)26/h3-4,7-12,15H,5-6,13-14,16H2,1-2H3,(H,27,28). The van der Waals surface area contributed by atoms with Gasteiger partial charge in [-0.25, -0.2) is 0 Å². The van der Waals surface area contributed by atoms with Crippen LogP contribution in [0.5, 0.6) is 0 Å². The van der Waals surface area contributed by atoms with Gasteiger partial charge in [-0.05, 0) is 70.6 Å². The zero-order chi connectivity index (χ0) is 19.7. The van der Waals surface area contributed by atoms with Crippen LogP contribution in [0.25, 0.3) is 10.8 Å². The number of nitrogens with one attached hydrogen (secondary N) is 1. The summed E-state index contributed by atoms with van der Waals surface area (Å²) >= 11 is 3.59. The number of hydrogen-bond donors (Lipinski definition) is 1. The van der Waals surface area contributed by atoms with Crippen LogP contribution in [0.15, 0.2) is 59.1 Å². The smallest absolute Gasteiger partial charge is 0.253 e. The van der Waals surface area contributed by atoms with E-state index in [0.717, 1.165) is 33.7 Å². The van der Waals surface area contributed by atoms with Gasteiger partial charge in [-0.15, -0.1) is 0 Å². The first-order valence-electron chi connectivity index (χ1n) is 10.0. The van der Waals surface area contributed by atoms with Crippen molar-refractivity contribution in [3.05, 3.63) is 81.3 Å². The molecule has 0 saturated heterocycles. The number of hydrogen-bond acceptors (Lipinski definition) is 1. The molecule has 1 fully saturated rings. The average Bonchev–Trinajstić information content (AvgIpc) is 3.16. The predicted octanol–water partition coefficient (Wildman–Crippen LogP) is 6.46. The van der Waals surface area contributed by atoms with Crippen LogP contribution in [-0.2, 0) is 5.41 Å². The molecule has 0 radical (unpaired) electrons. The summed E-state index contributed by atoms with van der Waals surface area (Å²) in [5, 5.41) is 5.36. The van der Waals surface area contributed by atoms with Crippen LogP contribution < -0.4 is 5.32 Å². The molecule has 1 aliphatic carbocycles. The molecule has 0 heterocycles. The minimum absolute atomic E-state index is 0.000264. The molecule has 0 unspecified atom stereocenters. The molecule has 28 heavy (non-hydrogen) atoms. The number of amides is 1. The van der Waals surface area contributed by atoms with E-state index in [1.165, 1.54) is 29.5 Å². The third kappa shape index (κ3) is 3.48. The van der Waals surface area contributed by atoms with Crippen LogP contribution >= 0.6 is 15.9 Å². The summed E-state index contributed by atoms with van der Waals surface area (Å²) in [5.74, 6) is -0.000264. The Balaban J connectivity index is 1.64. The molecule has 1 saturated carbocycles. The molecular formula is C25H26BrNO. The fourth-order valence-corrected chi connectivity index (χ4v) is 5.34. The highest BCUT2D eigenvalue weighted by molar-refractivity contribution is 9.10. The van der Waals surface area contributed by atoms with Gasteiger partial charge in [0.1, 0.15) is 0 Å². The molecule has 144 valence electrons. The predicted molar refractivity (Wildman–Crippen MR) is 120 cm³/mol. The molecule has 0 aliphatic heterocycles. The van der Waals surface area contributed by atoms with Crippen molar-refractivity contribution in [3.8, 4) is 0 Å². The summed E-state index contributed by atoms with van der Waals surface area (Å²) in [7, 11) is 0. The quantitative estimate of drug-likeness (QED) is 0.500. The Morgan fingerprint density at radius 2 is 1.79 bits per heavy atom. The summed E-state index contributed by atoms with van der Waals surface area (Å²) in [6.07, 6.45) is 4.71. The second-order valence-electron chi connectivity index (χ2n) is 8.13. The van der Waals surface area contributed by atoms with Crippen molar-refractivity contribution in [1.29, 1.82) is 0 Å². The van der Waals surface area contributed by atoms with Gasteiger partial charge in [0, 0.05) is 16.4 Å². The van der Waals surface area contributed by atoms with E-state index in [2.05, 4.69) is 53.3 Å². The van der Waals surface area contributed by atoms with Crippen molar-refractivity contribution < 1.29 is 4.79 Å². The van der Waals surface area contributed by atoms with Crippen molar-refractivity contribution in [2.45, 2.75) is 44.9 Å². The Morgan fingerprint density at radius 1 is 1.04 bits per heavy atom. The van der Waals surface area contributed by atoms with E-state index in [0.29, 0.717) is 6.54 Å². The van der Waals surface area contributed by atoms with E-state index in [4.69, 9.17) is 0 Å². The third-order valence-corrected chi connectivity index (χ3v) is 6.87. The molecule has 1 amide bonds. The largest absolute Gasteiger partial charge is 0.351 e. The Morgan fingerprint density at radius 3 is 2.54 bits per heavy atom. The second kappa shape index (κ2) is 7.71. The number of rotatable bonds is 4. The van der Waals surface area contributed by atoms with Crippen LogP contribution in [0.2, 0.25) is 0 Å². The first kappa shape index (κ1) is 19.2. The van der Waals surface area contributed by atoms with Crippen molar-refractivity contribution >= 4 is 32.6 Å². The molecule has 4 rings (SSSR count). The maximum Gasteiger partial charge on any atom is 0.253 e.